The highest BCUT2D eigenvalue weighted by Crippen LogP contribution is 2.14. The van der Waals surface area contributed by atoms with E-state index in [1.165, 1.54) is 6.26 Å². The van der Waals surface area contributed by atoms with E-state index in [9.17, 15) is 13.2 Å². The third kappa shape index (κ3) is 5.41. The molecule has 0 aliphatic carbocycles. The predicted octanol–water partition coefficient (Wildman–Crippen LogP) is 1.97. The molecule has 0 bridgehead atoms. The number of nitrogens with one attached hydrogen (secondary N) is 2. The molecule has 0 aliphatic rings. The third-order valence-electron chi connectivity index (χ3n) is 3.04. The second-order valence-corrected chi connectivity index (χ2v) is 7.59. The van der Waals surface area contributed by atoms with Gasteiger partial charge in [0, 0.05) is 18.0 Å². The number of carbonyl (C=O) groups excluding carboxylic acids is 1. The Kier molecular flexibility index (Phi) is 5.05. The average molecular weight is 337 g/mol. The number of hydrogen-bond donors (Lipinski definition) is 2. The molecule has 0 radical (unpaired) electrons. The first-order chi connectivity index (χ1) is 10.7. The molecule has 2 N–H and O–H groups in total. The smallest absolute Gasteiger partial charge is 0.247 e. The molecule has 0 saturated heterocycles. The zero-order chi connectivity index (χ0) is 17.0. The normalized spacial score (nSPS) is 12.7. The summed E-state index contributed by atoms with van der Waals surface area (Å²) in [4.78, 5) is 12.0. The van der Waals surface area contributed by atoms with Gasteiger partial charge in [0.05, 0.1) is 5.75 Å². The van der Waals surface area contributed by atoms with E-state index in [0.717, 1.165) is 5.69 Å². The first kappa shape index (κ1) is 17.0. The lowest BCUT2D eigenvalue weighted by Gasteiger charge is -2.14. The number of aromatic nitrogens is 1. The number of amides is 1. The molecule has 1 aromatic carbocycles. The fourth-order valence-electron chi connectivity index (χ4n) is 1.98. The van der Waals surface area contributed by atoms with Crippen LogP contribution in [0.15, 0.2) is 34.9 Å². The molecule has 2 rings (SSSR count). The molecule has 8 heteroatoms. The van der Waals surface area contributed by atoms with Crippen LogP contribution in [0.5, 0.6) is 0 Å². The Hall–Kier alpha value is -2.35. The molecule has 1 heterocycles. The Balaban J connectivity index is 1.94. The van der Waals surface area contributed by atoms with Gasteiger partial charge in [-0.1, -0.05) is 17.3 Å². The summed E-state index contributed by atoms with van der Waals surface area (Å²) >= 11 is 0. The van der Waals surface area contributed by atoms with Crippen LogP contribution in [0.1, 0.15) is 18.2 Å². The van der Waals surface area contributed by atoms with E-state index in [-0.39, 0.29) is 11.7 Å². The molecular formula is C15H19N3O4S. The SMILES string of the molecule is Cc1cc(NC(=O)[C@@H](C)Nc2ccc(CS(C)(=O)=O)cc2)no1. The van der Waals surface area contributed by atoms with Crippen molar-refractivity contribution in [1.29, 1.82) is 0 Å². The minimum absolute atomic E-state index is 0.00513. The number of rotatable bonds is 6. The number of sulfone groups is 1. The van der Waals surface area contributed by atoms with E-state index in [4.69, 9.17) is 4.52 Å². The summed E-state index contributed by atoms with van der Waals surface area (Å²) < 4.78 is 27.4. The maximum Gasteiger partial charge on any atom is 0.247 e. The van der Waals surface area contributed by atoms with Crippen molar-refractivity contribution >= 4 is 27.2 Å². The second-order valence-electron chi connectivity index (χ2n) is 5.45. The molecule has 1 amide bonds. The zero-order valence-corrected chi connectivity index (χ0v) is 14.0. The second kappa shape index (κ2) is 6.82. The summed E-state index contributed by atoms with van der Waals surface area (Å²) in [5.41, 5.74) is 1.43. The predicted molar refractivity (Wildman–Crippen MR) is 87.9 cm³/mol. The van der Waals surface area contributed by atoms with E-state index in [0.29, 0.717) is 17.1 Å². The first-order valence-electron chi connectivity index (χ1n) is 7.00. The fourth-order valence-corrected chi connectivity index (χ4v) is 2.77. The Morgan fingerprint density at radius 2 is 1.96 bits per heavy atom. The van der Waals surface area contributed by atoms with Gasteiger partial charge in [-0.2, -0.15) is 0 Å². The number of benzene rings is 1. The van der Waals surface area contributed by atoms with Crippen molar-refractivity contribution in [3.63, 3.8) is 0 Å². The van der Waals surface area contributed by atoms with Crippen molar-refractivity contribution in [2.45, 2.75) is 25.6 Å². The summed E-state index contributed by atoms with van der Waals surface area (Å²) in [6.07, 6.45) is 1.19. The van der Waals surface area contributed by atoms with Gasteiger partial charge in [-0.15, -0.1) is 0 Å². The van der Waals surface area contributed by atoms with Gasteiger partial charge in [-0.3, -0.25) is 4.79 Å². The average Bonchev–Trinajstić information content (AvgIpc) is 2.84. The van der Waals surface area contributed by atoms with E-state index < -0.39 is 15.9 Å². The highest BCUT2D eigenvalue weighted by Gasteiger charge is 2.14. The Morgan fingerprint density at radius 1 is 1.30 bits per heavy atom. The molecule has 7 nitrogen and oxygen atoms in total. The van der Waals surface area contributed by atoms with Crippen LogP contribution < -0.4 is 10.6 Å². The monoisotopic (exact) mass is 337 g/mol. The Bertz CT molecular complexity index is 781. The summed E-state index contributed by atoms with van der Waals surface area (Å²) in [7, 11) is -3.06. The first-order valence-corrected chi connectivity index (χ1v) is 9.06. The van der Waals surface area contributed by atoms with Gasteiger partial charge < -0.3 is 15.2 Å². The lowest BCUT2D eigenvalue weighted by molar-refractivity contribution is -0.116. The van der Waals surface area contributed by atoms with Crippen molar-refractivity contribution < 1.29 is 17.7 Å². The molecular weight excluding hydrogens is 318 g/mol. The van der Waals surface area contributed by atoms with Gasteiger partial charge in [0.1, 0.15) is 11.8 Å². The van der Waals surface area contributed by atoms with Gasteiger partial charge in [0.15, 0.2) is 15.7 Å². The van der Waals surface area contributed by atoms with Crippen molar-refractivity contribution in [1.82, 2.24) is 5.16 Å². The standard InChI is InChI=1S/C15H19N3O4S/c1-10-8-14(18-22-10)17-15(19)11(2)16-13-6-4-12(5-7-13)9-23(3,20)21/h4-8,11,16H,9H2,1-3H3,(H,17,18,19)/t11-/m1/s1. The van der Waals surface area contributed by atoms with E-state index in [1.54, 1.807) is 44.2 Å². The van der Waals surface area contributed by atoms with Crippen molar-refractivity contribution in [2.75, 3.05) is 16.9 Å². The highest BCUT2D eigenvalue weighted by molar-refractivity contribution is 7.89. The van der Waals surface area contributed by atoms with Crippen LogP contribution in [-0.2, 0) is 20.4 Å². The molecule has 0 fully saturated rings. The minimum atomic E-state index is -3.06. The van der Waals surface area contributed by atoms with Crippen LogP contribution in [0.25, 0.3) is 0 Å². The van der Waals surface area contributed by atoms with Crippen LogP contribution in [-0.4, -0.2) is 31.8 Å². The van der Waals surface area contributed by atoms with E-state index >= 15 is 0 Å². The summed E-state index contributed by atoms with van der Waals surface area (Å²) in [6, 6.07) is 8.05. The van der Waals surface area contributed by atoms with Crippen molar-refractivity contribution in [3.8, 4) is 0 Å². The van der Waals surface area contributed by atoms with E-state index in [2.05, 4.69) is 15.8 Å². The van der Waals surface area contributed by atoms with Crippen molar-refractivity contribution in [2.24, 2.45) is 0 Å². The molecule has 0 aliphatic heterocycles. The van der Waals surface area contributed by atoms with Crippen LogP contribution in [0.3, 0.4) is 0 Å². The third-order valence-corrected chi connectivity index (χ3v) is 3.90. The zero-order valence-electron chi connectivity index (χ0n) is 13.2. The van der Waals surface area contributed by atoms with E-state index in [1.807, 2.05) is 0 Å². The number of nitrogens with zero attached hydrogens (tertiary/aromatic N) is 1. The lowest BCUT2D eigenvalue weighted by Crippen LogP contribution is -2.31. The number of aryl methyl sites for hydroxylation is 1. The largest absolute Gasteiger partial charge is 0.374 e. The van der Waals surface area contributed by atoms with Gasteiger partial charge in [-0.05, 0) is 31.5 Å². The quantitative estimate of drug-likeness (QED) is 0.835. The Labute approximate surface area is 135 Å². The minimum Gasteiger partial charge on any atom is -0.374 e. The molecule has 23 heavy (non-hydrogen) atoms. The molecule has 2 aromatic rings. The van der Waals surface area contributed by atoms with Crippen LogP contribution >= 0.6 is 0 Å². The number of carbonyl (C=O) groups is 1. The maximum absolute atomic E-state index is 12.0. The summed E-state index contributed by atoms with van der Waals surface area (Å²) in [5, 5.41) is 9.38. The molecule has 0 unspecified atom stereocenters. The van der Waals surface area contributed by atoms with Gasteiger partial charge in [0.25, 0.3) is 0 Å². The Morgan fingerprint density at radius 3 is 2.48 bits per heavy atom. The molecule has 0 spiro atoms. The number of anilines is 2. The topological polar surface area (TPSA) is 101 Å². The summed E-state index contributed by atoms with van der Waals surface area (Å²) in [6.45, 7) is 3.45. The lowest BCUT2D eigenvalue weighted by atomic mass is 10.2. The van der Waals surface area contributed by atoms with Gasteiger partial charge >= 0.3 is 0 Å². The molecule has 0 saturated carbocycles. The highest BCUT2D eigenvalue weighted by atomic mass is 32.2. The van der Waals surface area contributed by atoms with Gasteiger partial charge in [0.2, 0.25) is 5.91 Å². The van der Waals surface area contributed by atoms with Crippen LogP contribution in [0, 0.1) is 6.92 Å². The summed E-state index contributed by atoms with van der Waals surface area (Å²) in [5.74, 6) is 0.722. The van der Waals surface area contributed by atoms with Crippen LogP contribution in [0.4, 0.5) is 11.5 Å². The van der Waals surface area contributed by atoms with Crippen LogP contribution in [0.2, 0.25) is 0 Å². The van der Waals surface area contributed by atoms with Crippen molar-refractivity contribution in [3.05, 3.63) is 41.7 Å². The van der Waals surface area contributed by atoms with Gasteiger partial charge in [-0.25, -0.2) is 8.42 Å². The molecule has 124 valence electrons. The fraction of sp³-hybridized carbons (Fsp3) is 0.333. The number of hydrogen-bond acceptors (Lipinski definition) is 6. The molecule has 1 aromatic heterocycles. The molecule has 1 atom stereocenters. The maximum atomic E-state index is 12.0.